The molecule has 42 heavy (non-hydrogen) atoms. The SMILES string of the molecule is O=C(CNN1C(=O)/C(=C/c2cc(-c3cc(C(F)(F)F)cc(C(F)(F)F)c3)cs2)SC1=S)Nc1ccc(C(=O)O)c(F)c1. The molecule has 220 valence electrons. The van der Waals surface area contributed by atoms with E-state index in [-0.39, 0.29) is 32.1 Å². The van der Waals surface area contributed by atoms with Crippen molar-refractivity contribution in [3.63, 3.8) is 0 Å². The van der Waals surface area contributed by atoms with E-state index in [1.807, 2.05) is 0 Å². The molecule has 1 aliphatic rings. The third-order valence-corrected chi connectivity index (χ3v) is 7.67. The Labute approximate surface area is 245 Å². The molecule has 0 aliphatic carbocycles. The number of carbonyl (C=O) groups excluding carboxylic acids is 2. The second-order valence-electron chi connectivity index (χ2n) is 8.43. The maximum Gasteiger partial charge on any atom is 0.416 e. The summed E-state index contributed by atoms with van der Waals surface area (Å²) in [5, 5.41) is 13.4. The number of carboxylic acid groups (broad SMARTS) is 1. The van der Waals surface area contributed by atoms with Gasteiger partial charge in [0.25, 0.3) is 5.91 Å². The smallest absolute Gasteiger partial charge is 0.416 e. The lowest BCUT2D eigenvalue weighted by Gasteiger charge is -2.15. The number of rotatable bonds is 7. The van der Waals surface area contributed by atoms with E-state index >= 15 is 0 Å². The molecule has 7 nitrogen and oxygen atoms in total. The van der Waals surface area contributed by atoms with Crippen molar-refractivity contribution in [1.29, 1.82) is 0 Å². The van der Waals surface area contributed by atoms with Gasteiger partial charge in [0.1, 0.15) is 5.82 Å². The Kier molecular flexibility index (Phi) is 8.77. The van der Waals surface area contributed by atoms with Crippen molar-refractivity contribution in [3.8, 4) is 11.1 Å². The van der Waals surface area contributed by atoms with E-state index in [9.17, 15) is 45.1 Å². The average molecular weight is 650 g/mol. The van der Waals surface area contributed by atoms with Crippen molar-refractivity contribution in [2.45, 2.75) is 12.4 Å². The first-order valence-electron chi connectivity index (χ1n) is 11.3. The minimum Gasteiger partial charge on any atom is -0.478 e. The Morgan fingerprint density at radius 1 is 0.976 bits per heavy atom. The highest BCUT2D eigenvalue weighted by atomic mass is 32.2. The molecule has 2 aromatic carbocycles. The van der Waals surface area contributed by atoms with Gasteiger partial charge < -0.3 is 10.4 Å². The molecule has 1 saturated heterocycles. The zero-order valence-electron chi connectivity index (χ0n) is 20.4. The number of nitrogens with zero attached hydrogens (tertiary/aromatic N) is 1. The van der Waals surface area contributed by atoms with Crippen LogP contribution in [0.25, 0.3) is 17.2 Å². The molecule has 4 rings (SSSR count). The average Bonchev–Trinajstić information content (AvgIpc) is 3.45. The number of thiocarbonyl (C=S) groups is 1. The van der Waals surface area contributed by atoms with Gasteiger partial charge in [0.05, 0.1) is 28.1 Å². The van der Waals surface area contributed by atoms with E-state index in [2.05, 4.69) is 10.7 Å². The van der Waals surface area contributed by atoms with Gasteiger partial charge in [-0.2, -0.15) is 26.3 Å². The number of nitrogens with one attached hydrogen (secondary N) is 2. The molecule has 0 radical (unpaired) electrons. The molecule has 3 N–H and O–H groups in total. The fraction of sp³-hybridized carbons (Fsp3) is 0.120. The summed E-state index contributed by atoms with van der Waals surface area (Å²) >= 11 is 6.95. The van der Waals surface area contributed by atoms with Crippen molar-refractivity contribution < 1.29 is 50.2 Å². The lowest BCUT2D eigenvalue weighted by molar-refractivity contribution is -0.143. The quantitative estimate of drug-likeness (QED) is 0.150. The second-order valence-corrected chi connectivity index (χ2v) is 11.1. The highest BCUT2D eigenvalue weighted by molar-refractivity contribution is 8.26. The normalized spacial score (nSPS) is 15.0. The molecule has 0 bridgehead atoms. The van der Waals surface area contributed by atoms with Crippen LogP contribution in [0.1, 0.15) is 26.4 Å². The van der Waals surface area contributed by atoms with Gasteiger partial charge in [-0.25, -0.2) is 19.6 Å². The first kappa shape index (κ1) is 31.1. The molecule has 1 aliphatic heterocycles. The number of amides is 2. The van der Waals surface area contributed by atoms with Gasteiger partial charge in [-0.1, -0.05) is 24.0 Å². The Hall–Kier alpha value is -3.80. The number of benzene rings is 2. The number of thiophene rings is 1. The van der Waals surface area contributed by atoms with Gasteiger partial charge in [-0.3, -0.25) is 9.59 Å². The van der Waals surface area contributed by atoms with Crippen LogP contribution in [0.2, 0.25) is 0 Å². The highest BCUT2D eigenvalue weighted by Gasteiger charge is 2.37. The minimum atomic E-state index is -5.01. The Morgan fingerprint density at radius 2 is 1.62 bits per heavy atom. The van der Waals surface area contributed by atoms with Gasteiger partial charge in [-0.15, -0.1) is 11.3 Å². The van der Waals surface area contributed by atoms with Crippen molar-refractivity contribution in [3.05, 3.63) is 80.1 Å². The second kappa shape index (κ2) is 11.8. The molecular weight excluding hydrogens is 635 g/mol. The number of hydrogen-bond acceptors (Lipinski definition) is 7. The fourth-order valence-electron chi connectivity index (χ4n) is 3.56. The van der Waals surface area contributed by atoms with Crippen LogP contribution in [0.3, 0.4) is 0 Å². The summed E-state index contributed by atoms with van der Waals surface area (Å²) < 4.78 is 93.2. The lowest BCUT2D eigenvalue weighted by atomic mass is 10.0. The number of carboxylic acids is 1. The van der Waals surface area contributed by atoms with E-state index in [4.69, 9.17) is 17.3 Å². The molecule has 0 spiro atoms. The van der Waals surface area contributed by atoms with Crippen LogP contribution in [0.15, 0.2) is 52.7 Å². The number of thioether (sulfide) groups is 1. The van der Waals surface area contributed by atoms with E-state index in [1.54, 1.807) is 0 Å². The summed E-state index contributed by atoms with van der Waals surface area (Å²) in [6.07, 6.45) is -8.66. The predicted octanol–water partition coefficient (Wildman–Crippen LogP) is 6.63. The van der Waals surface area contributed by atoms with Gasteiger partial charge >= 0.3 is 18.3 Å². The van der Waals surface area contributed by atoms with Crippen molar-refractivity contribution >= 4 is 69.2 Å². The third kappa shape index (κ3) is 7.15. The lowest BCUT2D eigenvalue weighted by Crippen LogP contribution is -2.44. The number of alkyl halides is 6. The number of carbonyl (C=O) groups is 3. The van der Waals surface area contributed by atoms with Crippen molar-refractivity contribution in [2.24, 2.45) is 0 Å². The summed E-state index contributed by atoms with van der Waals surface area (Å²) in [6, 6.07) is 5.50. The topological polar surface area (TPSA) is 98.7 Å². The molecular formula is C25H14F7N3O4S3. The molecule has 3 aromatic rings. The van der Waals surface area contributed by atoms with Gasteiger partial charge in [0, 0.05) is 10.6 Å². The van der Waals surface area contributed by atoms with Crippen LogP contribution < -0.4 is 10.7 Å². The van der Waals surface area contributed by atoms with Gasteiger partial charge in [-0.05, 0) is 65.0 Å². The standard InChI is InChI=1S/C25H14F7N3O4S3/c26-18-7-15(1-2-17(18)22(38)39)34-20(36)9-33-35-21(37)19(42-23(35)40)8-16-5-12(10-41-16)11-3-13(24(27,28)29)6-14(4-11)25(30,31)32/h1-8,10,33H,9H2,(H,34,36)(H,38,39)/b19-8-. The van der Waals surface area contributed by atoms with E-state index in [1.165, 1.54) is 23.6 Å². The summed E-state index contributed by atoms with van der Waals surface area (Å²) in [5.74, 6) is -3.96. The first-order valence-corrected chi connectivity index (χ1v) is 13.4. The largest absolute Gasteiger partial charge is 0.478 e. The van der Waals surface area contributed by atoms with Gasteiger partial charge in [0.2, 0.25) is 5.91 Å². The molecule has 2 amide bonds. The summed E-state index contributed by atoms with van der Waals surface area (Å²) in [4.78, 5) is 36.4. The summed E-state index contributed by atoms with van der Waals surface area (Å²) in [5.41, 5.74) is -1.28. The van der Waals surface area contributed by atoms with Crippen molar-refractivity contribution in [1.82, 2.24) is 10.4 Å². The number of hydrogen-bond donors (Lipinski definition) is 3. The number of aromatic carboxylic acids is 1. The van der Waals surface area contributed by atoms with Crippen LogP contribution in [-0.2, 0) is 21.9 Å². The molecule has 17 heteroatoms. The Balaban J connectivity index is 1.45. The predicted molar refractivity (Wildman–Crippen MR) is 145 cm³/mol. The summed E-state index contributed by atoms with van der Waals surface area (Å²) in [6.45, 7) is -0.498. The van der Waals surface area contributed by atoms with Crippen LogP contribution in [0.5, 0.6) is 0 Å². The number of anilines is 1. The summed E-state index contributed by atoms with van der Waals surface area (Å²) in [7, 11) is 0. The first-order chi connectivity index (χ1) is 19.5. The monoisotopic (exact) mass is 649 g/mol. The molecule has 0 unspecified atom stereocenters. The van der Waals surface area contributed by atoms with Gasteiger partial charge in [0.15, 0.2) is 4.32 Å². The van der Waals surface area contributed by atoms with Crippen LogP contribution >= 0.6 is 35.3 Å². The molecule has 0 atom stereocenters. The zero-order chi connectivity index (χ0) is 31.0. The highest BCUT2D eigenvalue weighted by Crippen LogP contribution is 2.40. The molecule has 2 heterocycles. The Morgan fingerprint density at radius 3 is 2.19 bits per heavy atom. The molecule has 1 fully saturated rings. The number of hydrazine groups is 1. The van der Waals surface area contributed by atoms with Crippen LogP contribution in [-0.4, -0.2) is 38.8 Å². The van der Waals surface area contributed by atoms with E-state index < -0.39 is 59.2 Å². The van der Waals surface area contributed by atoms with Crippen LogP contribution in [0, 0.1) is 5.82 Å². The fourth-order valence-corrected chi connectivity index (χ4v) is 5.69. The van der Waals surface area contributed by atoms with Crippen molar-refractivity contribution in [2.75, 3.05) is 11.9 Å². The maximum atomic E-state index is 13.8. The zero-order valence-corrected chi connectivity index (χ0v) is 22.8. The van der Waals surface area contributed by atoms with E-state index in [0.717, 1.165) is 40.2 Å². The molecule has 1 aromatic heterocycles. The Bertz CT molecular complexity index is 1600. The number of halogens is 7. The van der Waals surface area contributed by atoms with E-state index in [0.29, 0.717) is 17.0 Å². The third-order valence-electron chi connectivity index (χ3n) is 5.49. The minimum absolute atomic E-state index is 0.000354. The maximum absolute atomic E-state index is 13.8. The molecule has 0 saturated carbocycles. The van der Waals surface area contributed by atoms with Crippen LogP contribution in [0.4, 0.5) is 36.4 Å².